The number of pyridine rings is 1. The molecule has 2 fully saturated rings. The molecule has 1 aliphatic carbocycles. The van der Waals surface area contributed by atoms with E-state index in [9.17, 15) is 0 Å². The van der Waals surface area contributed by atoms with Gasteiger partial charge in [0.1, 0.15) is 5.82 Å². The first-order valence-electron chi connectivity index (χ1n) is 9.38. The highest BCUT2D eigenvalue weighted by Crippen LogP contribution is 2.25. The minimum Gasteiger partial charge on any atom is -0.360 e. The Morgan fingerprint density at radius 3 is 2.46 bits per heavy atom. The number of aromatic nitrogens is 1. The average molecular weight is 347 g/mol. The van der Waals surface area contributed by atoms with Crippen LogP contribution in [0.2, 0.25) is 0 Å². The molecule has 1 aliphatic heterocycles. The summed E-state index contributed by atoms with van der Waals surface area (Å²) in [7, 11) is 0. The second-order valence-corrected chi connectivity index (χ2v) is 8.10. The fraction of sp³-hybridized carbons (Fsp3) is 0.684. The fourth-order valence-corrected chi connectivity index (χ4v) is 4.38. The molecule has 3 rings (SSSR count). The van der Waals surface area contributed by atoms with Crippen LogP contribution in [-0.2, 0) is 0 Å². The van der Waals surface area contributed by atoms with Crippen LogP contribution in [0.1, 0.15) is 52.4 Å². The van der Waals surface area contributed by atoms with E-state index >= 15 is 0 Å². The summed E-state index contributed by atoms with van der Waals surface area (Å²) in [6, 6.07) is 4.72. The summed E-state index contributed by atoms with van der Waals surface area (Å²) in [6.07, 6.45) is 9.64. The van der Waals surface area contributed by atoms with Crippen molar-refractivity contribution in [2.24, 2.45) is 11.8 Å². The van der Waals surface area contributed by atoms with E-state index in [-0.39, 0.29) is 0 Å². The molecule has 0 spiro atoms. The summed E-state index contributed by atoms with van der Waals surface area (Å²) >= 11 is 5.45. The second kappa shape index (κ2) is 8.15. The largest absolute Gasteiger partial charge is 0.360 e. The van der Waals surface area contributed by atoms with Gasteiger partial charge in [0.05, 0.1) is 11.9 Å². The van der Waals surface area contributed by atoms with Gasteiger partial charge >= 0.3 is 0 Å². The van der Waals surface area contributed by atoms with Crippen molar-refractivity contribution in [1.82, 2.24) is 10.3 Å². The maximum atomic E-state index is 5.45. The van der Waals surface area contributed by atoms with Crippen LogP contribution < -0.4 is 15.5 Å². The monoisotopic (exact) mass is 346 g/mol. The maximum absolute atomic E-state index is 5.45. The molecule has 0 aromatic carbocycles. The zero-order chi connectivity index (χ0) is 16.9. The van der Waals surface area contributed by atoms with Gasteiger partial charge in [-0.25, -0.2) is 4.98 Å². The smallest absolute Gasteiger partial charge is 0.171 e. The topological polar surface area (TPSA) is 40.2 Å². The summed E-state index contributed by atoms with van der Waals surface area (Å²) in [5, 5.41) is 7.43. The van der Waals surface area contributed by atoms with E-state index in [1.54, 1.807) is 0 Å². The molecule has 1 aromatic rings. The SMILES string of the molecule is C[C@@H]1C[C@H](C)CN(c2ccc(NC(=S)NC3CCCCC3)cn2)C1. The number of piperidine rings is 1. The highest BCUT2D eigenvalue weighted by molar-refractivity contribution is 7.80. The summed E-state index contributed by atoms with van der Waals surface area (Å²) in [5.74, 6) is 2.55. The Morgan fingerprint density at radius 1 is 1.12 bits per heavy atom. The molecule has 0 unspecified atom stereocenters. The molecule has 0 bridgehead atoms. The zero-order valence-electron chi connectivity index (χ0n) is 14.9. The fourth-order valence-electron chi connectivity index (χ4n) is 4.10. The maximum Gasteiger partial charge on any atom is 0.171 e. The number of nitrogens with zero attached hydrogens (tertiary/aromatic N) is 2. The van der Waals surface area contributed by atoms with Gasteiger partial charge in [0, 0.05) is 19.1 Å². The van der Waals surface area contributed by atoms with Crippen LogP contribution in [0.3, 0.4) is 0 Å². The van der Waals surface area contributed by atoms with Gasteiger partial charge < -0.3 is 15.5 Å². The van der Waals surface area contributed by atoms with Crippen molar-refractivity contribution in [3.05, 3.63) is 18.3 Å². The quantitative estimate of drug-likeness (QED) is 0.803. The van der Waals surface area contributed by atoms with Crippen molar-refractivity contribution in [2.45, 2.75) is 58.4 Å². The van der Waals surface area contributed by atoms with Crippen molar-refractivity contribution in [1.29, 1.82) is 0 Å². The first kappa shape index (κ1) is 17.5. The van der Waals surface area contributed by atoms with Gasteiger partial charge in [0.15, 0.2) is 5.11 Å². The average Bonchev–Trinajstić information content (AvgIpc) is 2.55. The molecule has 5 heteroatoms. The Morgan fingerprint density at radius 2 is 1.83 bits per heavy atom. The standard InChI is InChI=1S/C19H30N4S/c1-14-10-15(2)13-23(12-14)18-9-8-17(11-20-18)22-19(24)21-16-6-4-3-5-7-16/h8-9,11,14-16H,3-7,10,12-13H2,1-2H3,(H2,21,22,24)/t14-,15+. The molecular formula is C19H30N4S. The molecule has 1 saturated carbocycles. The minimum absolute atomic E-state index is 0.530. The zero-order valence-corrected chi connectivity index (χ0v) is 15.7. The van der Waals surface area contributed by atoms with Crippen molar-refractivity contribution < 1.29 is 0 Å². The lowest BCUT2D eigenvalue weighted by Gasteiger charge is -2.35. The van der Waals surface area contributed by atoms with E-state index in [0.29, 0.717) is 6.04 Å². The normalized spacial score (nSPS) is 25.3. The van der Waals surface area contributed by atoms with Crippen molar-refractivity contribution in [3.8, 4) is 0 Å². The number of nitrogens with one attached hydrogen (secondary N) is 2. The van der Waals surface area contributed by atoms with Crippen molar-refractivity contribution >= 4 is 28.8 Å². The number of hydrogen-bond donors (Lipinski definition) is 2. The molecule has 1 saturated heterocycles. The van der Waals surface area contributed by atoms with Gasteiger partial charge in [-0.15, -0.1) is 0 Å². The summed E-state index contributed by atoms with van der Waals surface area (Å²) < 4.78 is 0. The van der Waals surface area contributed by atoms with E-state index in [1.165, 1.54) is 38.5 Å². The highest BCUT2D eigenvalue weighted by Gasteiger charge is 2.22. The molecule has 0 amide bonds. The molecule has 2 heterocycles. The van der Waals surface area contributed by atoms with Gasteiger partial charge in [-0.1, -0.05) is 33.1 Å². The van der Waals surface area contributed by atoms with Crippen LogP contribution in [0.5, 0.6) is 0 Å². The van der Waals surface area contributed by atoms with E-state index in [4.69, 9.17) is 12.2 Å². The van der Waals surface area contributed by atoms with E-state index < -0.39 is 0 Å². The lowest BCUT2D eigenvalue weighted by atomic mass is 9.92. The molecule has 0 radical (unpaired) electrons. The Bertz CT molecular complexity index is 529. The molecular weight excluding hydrogens is 316 g/mol. The van der Waals surface area contributed by atoms with Crippen LogP contribution in [-0.4, -0.2) is 29.2 Å². The van der Waals surface area contributed by atoms with Crippen molar-refractivity contribution in [3.63, 3.8) is 0 Å². The molecule has 4 nitrogen and oxygen atoms in total. The lowest BCUT2D eigenvalue weighted by molar-refractivity contribution is 0.355. The summed E-state index contributed by atoms with van der Waals surface area (Å²) in [4.78, 5) is 7.05. The highest BCUT2D eigenvalue weighted by atomic mass is 32.1. The van der Waals surface area contributed by atoms with Crippen LogP contribution in [0.4, 0.5) is 11.5 Å². The van der Waals surface area contributed by atoms with Crippen molar-refractivity contribution in [2.75, 3.05) is 23.3 Å². The van der Waals surface area contributed by atoms with Crippen LogP contribution >= 0.6 is 12.2 Å². The predicted octanol–water partition coefficient (Wildman–Crippen LogP) is 4.18. The van der Waals surface area contributed by atoms with E-state index in [0.717, 1.165) is 41.5 Å². The first-order valence-corrected chi connectivity index (χ1v) is 9.79. The summed E-state index contributed by atoms with van der Waals surface area (Å²) in [5.41, 5.74) is 0.963. The van der Waals surface area contributed by atoms with Crippen LogP contribution in [0.15, 0.2) is 18.3 Å². The Hall–Kier alpha value is -1.36. The number of thiocarbonyl (C=S) groups is 1. The van der Waals surface area contributed by atoms with Gasteiger partial charge in [0.2, 0.25) is 0 Å². The number of hydrogen-bond acceptors (Lipinski definition) is 3. The molecule has 2 atom stereocenters. The second-order valence-electron chi connectivity index (χ2n) is 7.69. The first-order chi connectivity index (χ1) is 11.6. The molecule has 2 N–H and O–H groups in total. The third-order valence-corrected chi connectivity index (χ3v) is 5.36. The van der Waals surface area contributed by atoms with Crippen LogP contribution in [0.25, 0.3) is 0 Å². The van der Waals surface area contributed by atoms with E-state index in [1.807, 2.05) is 6.20 Å². The predicted molar refractivity (Wildman–Crippen MR) is 106 cm³/mol. The molecule has 24 heavy (non-hydrogen) atoms. The van der Waals surface area contributed by atoms with Crippen LogP contribution in [0, 0.1) is 11.8 Å². The molecule has 2 aliphatic rings. The van der Waals surface area contributed by atoms with Gasteiger partial charge in [0.25, 0.3) is 0 Å². The Kier molecular flexibility index (Phi) is 5.93. The molecule has 1 aromatic heterocycles. The van der Waals surface area contributed by atoms with Gasteiger partial charge in [-0.2, -0.15) is 0 Å². The van der Waals surface area contributed by atoms with Gasteiger partial charge in [-0.3, -0.25) is 0 Å². The van der Waals surface area contributed by atoms with Gasteiger partial charge in [-0.05, 0) is 55.4 Å². The number of anilines is 2. The third kappa shape index (κ3) is 4.82. The molecule has 132 valence electrons. The Balaban J connectivity index is 1.53. The Labute approximate surface area is 151 Å². The number of rotatable bonds is 3. The van der Waals surface area contributed by atoms with E-state index in [2.05, 4.69) is 46.5 Å². The lowest BCUT2D eigenvalue weighted by Crippen LogP contribution is -2.39. The summed E-state index contributed by atoms with van der Waals surface area (Å²) in [6.45, 7) is 6.86. The minimum atomic E-state index is 0.530. The third-order valence-electron chi connectivity index (χ3n) is 5.14.